The fourth-order valence-electron chi connectivity index (χ4n) is 2.22. The van der Waals surface area contributed by atoms with E-state index in [2.05, 4.69) is 25.2 Å². The Morgan fingerprint density at radius 3 is 2.75 bits per heavy atom. The van der Waals surface area contributed by atoms with Gasteiger partial charge in [0.15, 0.2) is 0 Å². The van der Waals surface area contributed by atoms with Gasteiger partial charge in [-0.25, -0.2) is 0 Å². The number of aromatic nitrogens is 3. The number of aryl methyl sites for hydroxylation is 1. The third kappa shape index (κ3) is 3.01. The van der Waals surface area contributed by atoms with Gasteiger partial charge >= 0.3 is 0 Å². The Morgan fingerprint density at radius 2 is 2.05 bits per heavy atom. The van der Waals surface area contributed by atoms with Crippen molar-refractivity contribution >= 4 is 23.5 Å². The molecule has 20 heavy (non-hydrogen) atoms. The molecule has 0 saturated carbocycles. The molecule has 106 valence electrons. The molecule has 0 bridgehead atoms. The largest absolute Gasteiger partial charge is 0.465 e. The van der Waals surface area contributed by atoms with Gasteiger partial charge in [0.05, 0.1) is 6.54 Å². The first-order valence-corrected chi connectivity index (χ1v) is 7.04. The van der Waals surface area contributed by atoms with Crippen molar-refractivity contribution in [3.05, 3.63) is 28.9 Å². The average molecular weight is 294 g/mol. The van der Waals surface area contributed by atoms with E-state index in [1.54, 1.807) is 0 Å². The lowest BCUT2D eigenvalue weighted by Crippen LogP contribution is -2.21. The van der Waals surface area contributed by atoms with Gasteiger partial charge in [0.2, 0.25) is 17.2 Å². The first kappa shape index (κ1) is 13.2. The molecule has 0 amide bonds. The maximum Gasteiger partial charge on any atom is 0.231 e. The van der Waals surface area contributed by atoms with Crippen LogP contribution in [0.1, 0.15) is 24.4 Å². The number of halogens is 1. The summed E-state index contributed by atoms with van der Waals surface area (Å²) in [5, 5.41) is 3.32. The molecule has 0 unspecified atom stereocenters. The van der Waals surface area contributed by atoms with Crippen LogP contribution in [0.2, 0.25) is 5.28 Å². The molecule has 1 fully saturated rings. The number of hydrogen-bond donors (Lipinski definition) is 1. The van der Waals surface area contributed by atoms with E-state index in [-0.39, 0.29) is 5.28 Å². The number of furan rings is 1. The number of nitrogens with zero attached hydrogens (tertiary/aromatic N) is 4. The van der Waals surface area contributed by atoms with Crippen LogP contribution in [0.15, 0.2) is 16.5 Å². The standard InChI is InChI=1S/C13H16ClN5O/c1-9-4-5-10(20-9)8-15-12-16-11(14)17-13(18-12)19-6-2-3-7-19/h4-5H,2-3,6-8H2,1H3,(H,15,16,17,18). The summed E-state index contributed by atoms with van der Waals surface area (Å²) in [5.41, 5.74) is 0. The fraction of sp³-hybridized carbons (Fsp3) is 0.462. The first-order valence-electron chi connectivity index (χ1n) is 6.66. The molecule has 1 aliphatic heterocycles. The van der Waals surface area contributed by atoms with Gasteiger partial charge < -0.3 is 14.6 Å². The van der Waals surface area contributed by atoms with Gasteiger partial charge in [-0.15, -0.1) is 0 Å². The number of rotatable bonds is 4. The van der Waals surface area contributed by atoms with Gasteiger partial charge in [-0.05, 0) is 43.5 Å². The second-order valence-corrected chi connectivity index (χ2v) is 5.13. The Hall–Kier alpha value is -1.82. The minimum atomic E-state index is 0.208. The lowest BCUT2D eigenvalue weighted by atomic mass is 10.4. The predicted molar refractivity (Wildman–Crippen MR) is 77.1 cm³/mol. The summed E-state index contributed by atoms with van der Waals surface area (Å²) in [6.07, 6.45) is 2.33. The summed E-state index contributed by atoms with van der Waals surface area (Å²) in [6, 6.07) is 3.85. The van der Waals surface area contributed by atoms with Gasteiger partial charge in [0.25, 0.3) is 0 Å². The second kappa shape index (κ2) is 5.66. The van der Waals surface area contributed by atoms with Crippen LogP contribution in [0.4, 0.5) is 11.9 Å². The van der Waals surface area contributed by atoms with Crippen molar-refractivity contribution in [1.82, 2.24) is 15.0 Å². The van der Waals surface area contributed by atoms with Gasteiger partial charge in [0.1, 0.15) is 11.5 Å². The van der Waals surface area contributed by atoms with Gasteiger partial charge in [0, 0.05) is 13.1 Å². The lowest BCUT2D eigenvalue weighted by Gasteiger charge is -2.15. The Morgan fingerprint density at radius 1 is 1.25 bits per heavy atom. The minimum Gasteiger partial charge on any atom is -0.465 e. The highest BCUT2D eigenvalue weighted by Gasteiger charge is 2.17. The van der Waals surface area contributed by atoms with Crippen LogP contribution in [0.25, 0.3) is 0 Å². The monoisotopic (exact) mass is 293 g/mol. The maximum atomic E-state index is 5.96. The molecule has 0 aliphatic carbocycles. The SMILES string of the molecule is Cc1ccc(CNc2nc(Cl)nc(N3CCCC3)n2)o1. The van der Waals surface area contributed by atoms with Crippen LogP contribution in [-0.4, -0.2) is 28.0 Å². The molecule has 0 radical (unpaired) electrons. The third-order valence-electron chi connectivity index (χ3n) is 3.20. The molecule has 0 atom stereocenters. The van der Waals surface area contributed by atoms with E-state index < -0.39 is 0 Å². The van der Waals surface area contributed by atoms with Crippen LogP contribution in [-0.2, 0) is 6.54 Å². The number of hydrogen-bond acceptors (Lipinski definition) is 6. The number of nitrogens with one attached hydrogen (secondary N) is 1. The molecule has 3 rings (SSSR count). The van der Waals surface area contributed by atoms with Gasteiger partial charge in [-0.3, -0.25) is 0 Å². The van der Waals surface area contributed by atoms with E-state index in [0.717, 1.165) is 37.5 Å². The zero-order chi connectivity index (χ0) is 13.9. The highest BCUT2D eigenvalue weighted by Crippen LogP contribution is 2.19. The third-order valence-corrected chi connectivity index (χ3v) is 3.37. The highest BCUT2D eigenvalue weighted by molar-refractivity contribution is 6.28. The van der Waals surface area contributed by atoms with Crippen molar-refractivity contribution < 1.29 is 4.42 Å². The Balaban J connectivity index is 1.72. The molecule has 2 aromatic heterocycles. The molecular weight excluding hydrogens is 278 g/mol. The Kier molecular flexibility index (Phi) is 3.73. The molecular formula is C13H16ClN5O. The summed E-state index contributed by atoms with van der Waals surface area (Å²) in [7, 11) is 0. The molecule has 7 heteroatoms. The second-order valence-electron chi connectivity index (χ2n) is 4.79. The highest BCUT2D eigenvalue weighted by atomic mass is 35.5. The predicted octanol–water partition coefficient (Wildman–Crippen LogP) is 2.64. The van der Waals surface area contributed by atoms with Crippen LogP contribution < -0.4 is 10.2 Å². The molecule has 0 aromatic carbocycles. The van der Waals surface area contributed by atoms with Crippen molar-refractivity contribution in [1.29, 1.82) is 0 Å². The van der Waals surface area contributed by atoms with Crippen LogP contribution >= 0.6 is 11.6 Å². The summed E-state index contributed by atoms with van der Waals surface area (Å²) >= 11 is 5.96. The quantitative estimate of drug-likeness (QED) is 0.935. The van der Waals surface area contributed by atoms with Crippen molar-refractivity contribution in [3.63, 3.8) is 0 Å². The van der Waals surface area contributed by atoms with E-state index in [1.807, 2.05) is 19.1 Å². The first-order chi connectivity index (χ1) is 9.70. The number of anilines is 2. The van der Waals surface area contributed by atoms with Crippen molar-refractivity contribution in [2.24, 2.45) is 0 Å². The van der Waals surface area contributed by atoms with Crippen molar-refractivity contribution in [2.45, 2.75) is 26.3 Å². The van der Waals surface area contributed by atoms with E-state index in [9.17, 15) is 0 Å². The lowest BCUT2D eigenvalue weighted by molar-refractivity contribution is 0.490. The molecule has 1 N–H and O–H groups in total. The van der Waals surface area contributed by atoms with E-state index in [4.69, 9.17) is 16.0 Å². The summed E-state index contributed by atoms with van der Waals surface area (Å²) in [4.78, 5) is 14.8. The molecule has 1 aliphatic rings. The topological polar surface area (TPSA) is 67.1 Å². The van der Waals surface area contributed by atoms with E-state index >= 15 is 0 Å². The maximum absolute atomic E-state index is 5.96. The van der Waals surface area contributed by atoms with Crippen molar-refractivity contribution in [2.75, 3.05) is 23.3 Å². The minimum absolute atomic E-state index is 0.208. The van der Waals surface area contributed by atoms with Gasteiger partial charge in [-0.1, -0.05) is 0 Å². The normalized spacial score (nSPS) is 14.8. The summed E-state index contributed by atoms with van der Waals surface area (Å²) in [6.45, 7) is 4.37. The zero-order valence-electron chi connectivity index (χ0n) is 11.3. The smallest absolute Gasteiger partial charge is 0.231 e. The average Bonchev–Trinajstić information content (AvgIpc) is 3.07. The zero-order valence-corrected chi connectivity index (χ0v) is 12.0. The van der Waals surface area contributed by atoms with Crippen LogP contribution in [0.3, 0.4) is 0 Å². The molecule has 2 aromatic rings. The van der Waals surface area contributed by atoms with Crippen LogP contribution in [0.5, 0.6) is 0 Å². The molecule has 6 nitrogen and oxygen atoms in total. The van der Waals surface area contributed by atoms with E-state index in [0.29, 0.717) is 18.4 Å². The van der Waals surface area contributed by atoms with E-state index in [1.165, 1.54) is 0 Å². The summed E-state index contributed by atoms with van der Waals surface area (Å²) < 4.78 is 5.49. The summed E-state index contributed by atoms with van der Waals surface area (Å²) in [5.74, 6) is 2.83. The Bertz CT molecular complexity index is 594. The molecule has 0 spiro atoms. The van der Waals surface area contributed by atoms with Gasteiger partial charge in [-0.2, -0.15) is 15.0 Å². The molecule has 1 saturated heterocycles. The fourth-order valence-corrected chi connectivity index (χ4v) is 2.38. The van der Waals surface area contributed by atoms with Crippen LogP contribution in [0, 0.1) is 6.92 Å². The van der Waals surface area contributed by atoms with Crippen molar-refractivity contribution in [3.8, 4) is 0 Å². The molecule has 3 heterocycles. The Labute approximate surface area is 122 Å².